The van der Waals surface area contributed by atoms with Crippen LogP contribution in [-0.4, -0.2) is 10.9 Å². The number of thioether (sulfide) groups is 1. The first-order chi connectivity index (χ1) is 6.79. The molecule has 1 aromatic carbocycles. The van der Waals surface area contributed by atoms with Gasteiger partial charge >= 0.3 is 5.16 Å². The zero-order valence-electron chi connectivity index (χ0n) is 8.40. The molecule has 0 radical (unpaired) electrons. The van der Waals surface area contributed by atoms with Crippen LogP contribution in [0.3, 0.4) is 0 Å². The number of imidazole rings is 1. The number of nitrogen functional groups attached to an aromatic ring is 1. The molecule has 14 heavy (non-hydrogen) atoms. The van der Waals surface area contributed by atoms with E-state index < -0.39 is 0 Å². The minimum Gasteiger partial charge on any atom is -0.268 e. The van der Waals surface area contributed by atoms with Gasteiger partial charge in [-0.15, -0.1) is 4.68 Å². The molecule has 0 aliphatic carbocycles. The smallest absolute Gasteiger partial charge is 0.268 e. The molecule has 0 fully saturated rings. The highest BCUT2D eigenvalue weighted by atomic mass is 32.2. The summed E-state index contributed by atoms with van der Waals surface area (Å²) < 4.78 is 3.98. The maximum absolute atomic E-state index is 6.00. The molecule has 0 aliphatic heterocycles. The number of fused-ring (bicyclic) bond motifs is 1. The Hall–Kier alpha value is -1.16. The van der Waals surface area contributed by atoms with E-state index in [9.17, 15) is 0 Å². The summed E-state index contributed by atoms with van der Waals surface area (Å²) in [6.07, 6.45) is 2.05. The molecule has 2 rings (SSSR count). The van der Waals surface area contributed by atoms with Crippen LogP contribution in [0.5, 0.6) is 0 Å². The van der Waals surface area contributed by atoms with E-state index in [-0.39, 0.29) is 0 Å². The van der Waals surface area contributed by atoms with Crippen LogP contribution in [-0.2, 0) is 6.54 Å². The summed E-state index contributed by atoms with van der Waals surface area (Å²) in [5.74, 6) is 6.00. The molecule has 74 valence electrons. The number of hydrogen-bond acceptors (Lipinski definition) is 2. The number of para-hydroxylation sites is 2. The van der Waals surface area contributed by atoms with E-state index in [1.807, 2.05) is 24.5 Å². The molecular weight excluding hydrogens is 194 g/mol. The summed E-state index contributed by atoms with van der Waals surface area (Å²) in [5, 5.41) is 1.09. The van der Waals surface area contributed by atoms with Crippen LogP contribution in [0.4, 0.5) is 0 Å². The Morgan fingerprint density at radius 1 is 1.43 bits per heavy atom. The Morgan fingerprint density at radius 3 is 2.79 bits per heavy atom. The Balaban J connectivity index is 2.84. The third kappa shape index (κ3) is 1.18. The summed E-state index contributed by atoms with van der Waals surface area (Å²) in [6.45, 7) is 3.08. The van der Waals surface area contributed by atoms with E-state index >= 15 is 0 Å². The molecule has 4 heteroatoms. The van der Waals surface area contributed by atoms with Crippen LogP contribution in [0.15, 0.2) is 29.4 Å². The minimum atomic E-state index is 0.945. The Kier molecular flexibility index (Phi) is 2.37. The van der Waals surface area contributed by atoms with Gasteiger partial charge in [-0.2, -0.15) is 0 Å². The van der Waals surface area contributed by atoms with Crippen LogP contribution in [0, 0.1) is 0 Å². The van der Waals surface area contributed by atoms with Crippen molar-refractivity contribution in [3.05, 3.63) is 24.3 Å². The Morgan fingerprint density at radius 2 is 2.14 bits per heavy atom. The Bertz CT molecular complexity index is 462. The van der Waals surface area contributed by atoms with Crippen LogP contribution in [0.1, 0.15) is 6.92 Å². The quantitative estimate of drug-likeness (QED) is 0.460. The van der Waals surface area contributed by atoms with Crippen LogP contribution in [0.25, 0.3) is 11.0 Å². The number of aryl methyl sites for hydroxylation is 1. The minimum absolute atomic E-state index is 0.945. The molecular formula is C10H14N3S+. The topological polar surface area (TPSA) is 34.8 Å². The molecule has 0 aliphatic rings. The molecule has 0 saturated heterocycles. The molecule has 0 bridgehead atoms. The van der Waals surface area contributed by atoms with Crippen molar-refractivity contribution < 1.29 is 4.57 Å². The van der Waals surface area contributed by atoms with Crippen LogP contribution < -0.4 is 10.4 Å². The lowest BCUT2D eigenvalue weighted by Gasteiger charge is -1.94. The van der Waals surface area contributed by atoms with E-state index in [2.05, 4.69) is 17.6 Å². The van der Waals surface area contributed by atoms with Crippen molar-refractivity contribution >= 4 is 22.8 Å². The molecule has 0 unspecified atom stereocenters. The zero-order valence-corrected chi connectivity index (χ0v) is 9.21. The molecule has 2 aromatic rings. The lowest BCUT2D eigenvalue weighted by molar-refractivity contribution is -0.706. The largest absolute Gasteiger partial charge is 0.342 e. The van der Waals surface area contributed by atoms with Gasteiger partial charge in [0.15, 0.2) is 5.52 Å². The van der Waals surface area contributed by atoms with E-state index in [1.165, 1.54) is 5.52 Å². The molecule has 0 atom stereocenters. The van der Waals surface area contributed by atoms with Gasteiger partial charge < -0.3 is 0 Å². The molecule has 0 spiro atoms. The van der Waals surface area contributed by atoms with Crippen molar-refractivity contribution in [1.82, 2.24) is 4.68 Å². The van der Waals surface area contributed by atoms with Crippen molar-refractivity contribution in [2.45, 2.75) is 18.6 Å². The van der Waals surface area contributed by atoms with E-state index in [0.717, 1.165) is 17.2 Å². The number of aromatic nitrogens is 2. The van der Waals surface area contributed by atoms with Gasteiger partial charge in [-0.1, -0.05) is 12.1 Å². The number of nitrogens with two attached hydrogens (primary N) is 1. The predicted octanol–water partition coefficient (Wildman–Crippen LogP) is 1.38. The molecule has 3 nitrogen and oxygen atoms in total. The average molecular weight is 208 g/mol. The van der Waals surface area contributed by atoms with E-state index in [4.69, 9.17) is 5.84 Å². The monoisotopic (exact) mass is 208 g/mol. The third-order valence-electron chi connectivity index (χ3n) is 2.37. The predicted molar refractivity (Wildman–Crippen MR) is 59.7 cm³/mol. The van der Waals surface area contributed by atoms with Gasteiger partial charge in [0.25, 0.3) is 0 Å². The lowest BCUT2D eigenvalue weighted by Crippen LogP contribution is -2.35. The van der Waals surface area contributed by atoms with E-state index in [1.54, 1.807) is 16.4 Å². The normalized spacial score (nSPS) is 11.0. The van der Waals surface area contributed by atoms with Crippen molar-refractivity contribution in [2.24, 2.45) is 0 Å². The lowest BCUT2D eigenvalue weighted by atomic mass is 10.3. The fraction of sp³-hybridized carbons (Fsp3) is 0.300. The maximum atomic E-state index is 6.00. The van der Waals surface area contributed by atoms with Crippen LogP contribution in [0.2, 0.25) is 0 Å². The van der Waals surface area contributed by atoms with Gasteiger partial charge in [-0.05, 0) is 37.1 Å². The van der Waals surface area contributed by atoms with Gasteiger partial charge in [-0.25, -0.2) is 4.57 Å². The number of rotatable bonds is 2. The van der Waals surface area contributed by atoms with Gasteiger partial charge in [0.2, 0.25) is 5.52 Å². The van der Waals surface area contributed by atoms with Gasteiger partial charge in [0.05, 0.1) is 6.54 Å². The van der Waals surface area contributed by atoms with Crippen molar-refractivity contribution in [1.29, 1.82) is 0 Å². The van der Waals surface area contributed by atoms with Gasteiger partial charge in [0.1, 0.15) is 0 Å². The first-order valence-electron chi connectivity index (χ1n) is 4.62. The van der Waals surface area contributed by atoms with Gasteiger partial charge in [0, 0.05) is 0 Å². The summed E-state index contributed by atoms with van der Waals surface area (Å²) in [5.41, 5.74) is 2.28. The second-order valence-electron chi connectivity index (χ2n) is 3.09. The second-order valence-corrected chi connectivity index (χ2v) is 3.86. The fourth-order valence-corrected chi connectivity index (χ4v) is 2.49. The first-order valence-corrected chi connectivity index (χ1v) is 5.84. The highest BCUT2D eigenvalue weighted by molar-refractivity contribution is 7.98. The fourth-order valence-electron chi connectivity index (χ4n) is 1.75. The highest BCUT2D eigenvalue weighted by Crippen LogP contribution is 2.17. The summed E-state index contributed by atoms with van der Waals surface area (Å²) in [4.78, 5) is 0. The van der Waals surface area contributed by atoms with Gasteiger partial charge in [-0.3, -0.25) is 5.84 Å². The molecule has 0 saturated carbocycles. The number of benzene rings is 1. The third-order valence-corrected chi connectivity index (χ3v) is 3.15. The Labute approximate surface area is 87.5 Å². The average Bonchev–Trinajstić information content (AvgIpc) is 2.51. The standard InChI is InChI=1S/C10H14N3S/c1-3-12-8-6-4-5-7-9(8)13(11)10(12)14-2/h4-7H,3,11H2,1-2H3/q+1. The van der Waals surface area contributed by atoms with Crippen molar-refractivity contribution in [2.75, 3.05) is 12.1 Å². The zero-order chi connectivity index (χ0) is 10.1. The summed E-state index contributed by atoms with van der Waals surface area (Å²) in [6, 6.07) is 8.19. The summed E-state index contributed by atoms with van der Waals surface area (Å²) >= 11 is 1.67. The second kappa shape index (κ2) is 3.53. The van der Waals surface area contributed by atoms with E-state index in [0.29, 0.717) is 0 Å². The maximum Gasteiger partial charge on any atom is 0.342 e. The molecule has 1 aromatic heterocycles. The van der Waals surface area contributed by atoms with Crippen molar-refractivity contribution in [3.8, 4) is 0 Å². The molecule has 0 amide bonds. The highest BCUT2D eigenvalue weighted by Gasteiger charge is 2.20. The first kappa shape index (κ1) is 9.40. The van der Waals surface area contributed by atoms with Crippen LogP contribution >= 0.6 is 11.8 Å². The number of nitrogens with zero attached hydrogens (tertiary/aromatic N) is 2. The number of hydrogen-bond donors (Lipinski definition) is 1. The molecule has 2 N–H and O–H groups in total. The van der Waals surface area contributed by atoms with Crippen molar-refractivity contribution in [3.63, 3.8) is 0 Å². The summed E-state index contributed by atoms with van der Waals surface area (Å²) in [7, 11) is 0. The SMILES string of the molecule is CC[n+]1c(SC)n(N)c2ccccc21. The molecule has 1 heterocycles.